The van der Waals surface area contributed by atoms with Gasteiger partial charge in [0.2, 0.25) is 17.6 Å². The van der Waals surface area contributed by atoms with Gasteiger partial charge in [-0.3, -0.25) is 19.4 Å². The molecular weight excluding hydrogens is 414 g/mol. The fraction of sp³-hybridized carbons (Fsp3) is 0.286. The Balaban J connectivity index is 1.60. The molecule has 3 aromatic heterocycles. The summed E-state index contributed by atoms with van der Waals surface area (Å²) in [6.45, 7) is 1.71. The van der Waals surface area contributed by atoms with Crippen LogP contribution in [-0.2, 0) is 11.8 Å². The largest absolute Gasteiger partial charge is 0.494 e. The van der Waals surface area contributed by atoms with Gasteiger partial charge < -0.3 is 19.9 Å². The molecule has 0 unspecified atom stereocenters. The van der Waals surface area contributed by atoms with Crippen molar-refractivity contribution in [3.63, 3.8) is 0 Å². The number of fused-ring (bicyclic) bond motifs is 1. The van der Waals surface area contributed by atoms with Crippen molar-refractivity contribution in [3.8, 4) is 17.1 Å². The molecule has 0 spiro atoms. The van der Waals surface area contributed by atoms with Crippen LogP contribution in [0.3, 0.4) is 0 Å². The molecule has 4 aromatic rings. The lowest BCUT2D eigenvalue weighted by Gasteiger charge is -2.15. The van der Waals surface area contributed by atoms with Crippen molar-refractivity contribution < 1.29 is 14.1 Å². The van der Waals surface area contributed by atoms with E-state index in [1.54, 1.807) is 26.1 Å². The first-order valence-electron chi connectivity index (χ1n) is 10.1. The molecule has 32 heavy (non-hydrogen) atoms. The number of carbonyl (C=O) groups is 1. The summed E-state index contributed by atoms with van der Waals surface area (Å²) in [5.41, 5.74) is 1.80. The average molecular weight is 435 g/mol. The van der Waals surface area contributed by atoms with E-state index in [2.05, 4.69) is 30.9 Å². The number of anilines is 3. The van der Waals surface area contributed by atoms with Crippen LogP contribution in [0.5, 0.6) is 5.75 Å². The molecule has 1 aliphatic rings. The predicted octanol–water partition coefficient (Wildman–Crippen LogP) is 2.72. The Morgan fingerprint density at radius 1 is 1.28 bits per heavy atom. The maximum atomic E-state index is 12.7. The van der Waals surface area contributed by atoms with E-state index in [1.165, 1.54) is 11.8 Å². The van der Waals surface area contributed by atoms with Crippen molar-refractivity contribution in [3.05, 3.63) is 40.5 Å². The minimum atomic E-state index is -0.251. The number of benzene rings is 1. The highest BCUT2D eigenvalue weighted by Gasteiger charge is 2.30. The van der Waals surface area contributed by atoms with E-state index >= 15 is 0 Å². The second-order valence-corrected chi connectivity index (χ2v) is 7.67. The Bertz CT molecular complexity index is 1400. The van der Waals surface area contributed by atoms with Crippen molar-refractivity contribution in [2.24, 2.45) is 13.0 Å². The van der Waals surface area contributed by atoms with Crippen LogP contribution in [-0.4, -0.2) is 37.9 Å². The third kappa shape index (κ3) is 3.47. The van der Waals surface area contributed by atoms with Gasteiger partial charge in [0.1, 0.15) is 11.2 Å². The molecule has 1 aliphatic carbocycles. The molecule has 1 amide bonds. The molecular formula is C21H21N7O4. The van der Waals surface area contributed by atoms with Crippen molar-refractivity contribution in [1.82, 2.24) is 24.9 Å². The monoisotopic (exact) mass is 435 g/mol. The van der Waals surface area contributed by atoms with E-state index in [0.717, 1.165) is 12.8 Å². The Hall–Kier alpha value is -4.15. The molecule has 0 saturated heterocycles. The van der Waals surface area contributed by atoms with Crippen molar-refractivity contribution >= 4 is 34.1 Å². The minimum Gasteiger partial charge on any atom is -0.494 e. The van der Waals surface area contributed by atoms with Crippen molar-refractivity contribution in [1.29, 1.82) is 0 Å². The molecule has 0 aliphatic heterocycles. The quantitative estimate of drug-likeness (QED) is 0.420. The van der Waals surface area contributed by atoms with Gasteiger partial charge in [-0.25, -0.2) is 4.98 Å². The summed E-state index contributed by atoms with van der Waals surface area (Å²) >= 11 is 0. The summed E-state index contributed by atoms with van der Waals surface area (Å²) in [7, 11) is 3.14. The highest BCUT2D eigenvalue weighted by molar-refractivity contribution is 5.98. The highest BCUT2D eigenvalue weighted by Crippen LogP contribution is 2.38. The number of rotatable bonds is 6. The molecule has 11 nitrogen and oxygen atoms in total. The van der Waals surface area contributed by atoms with E-state index < -0.39 is 0 Å². The maximum absolute atomic E-state index is 12.7. The number of aryl methyl sites for hydroxylation is 2. The van der Waals surface area contributed by atoms with Crippen LogP contribution in [0.25, 0.3) is 22.4 Å². The number of methoxy groups -OCH3 is 1. The number of para-hydroxylation sites is 1. The number of H-pyrrole nitrogens is 1. The second kappa shape index (κ2) is 7.52. The number of ether oxygens (including phenoxy) is 1. The van der Waals surface area contributed by atoms with Crippen molar-refractivity contribution in [2.45, 2.75) is 19.8 Å². The van der Waals surface area contributed by atoms with Crippen LogP contribution in [0.4, 0.5) is 17.2 Å². The van der Waals surface area contributed by atoms with Crippen LogP contribution >= 0.6 is 0 Å². The fourth-order valence-electron chi connectivity index (χ4n) is 3.54. The number of aromatic nitrogens is 5. The Morgan fingerprint density at radius 2 is 2.09 bits per heavy atom. The third-order valence-electron chi connectivity index (χ3n) is 5.27. The van der Waals surface area contributed by atoms with Gasteiger partial charge in [-0.15, -0.1) is 0 Å². The summed E-state index contributed by atoms with van der Waals surface area (Å²) in [5.74, 6) is 1.60. The number of carbonyl (C=O) groups excluding carboxylic acids is 1. The molecule has 164 valence electrons. The summed E-state index contributed by atoms with van der Waals surface area (Å²) in [4.78, 5) is 33.7. The van der Waals surface area contributed by atoms with Gasteiger partial charge in [0.05, 0.1) is 24.0 Å². The molecule has 0 bridgehead atoms. The molecule has 0 radical (unpaired) electrons. The Morgan fingerprint density at radius 3 is 2.78 bits per heavy atom. The average Bonchev–Trinajstić information content (AvgIpc) is 3.47. The Labute approximate surface area is 181 Å². The number of hydrogen-bond acceptors (Lipinski definition) is 8. The van der Waals surface area contributed by atoms with Crippen LogP contribution in [0.2, 0.25) is 0 Å². The van der Waals surface area contributed by atoms with E-state index in [4.69, 9.17) is 9.26 Å². The lowest BCUT2D eigenvalue weighted by atomic mass is 10.1. The molecule has 11 heteroatoms. The first-order valence-corrected chi connectivity index (χ1v) is 10.1. The van der Waals surface area contributed by atoms with E-state index in [-0.39, 0.29) is 17.4 Å². The smallest absolute Gasteiger partial charge is 0.277 e. The van der Waals surface area contributed by atoms with Gasteiger partial charge in [0.25, 0.3) is 5.56 Å². The number of aromatic amines is 1. The zero-order valence-electron chi connectivity index (χ0n) is 17.7. The number of nitrogens with zero attached hydrogens (tertiary/aromatic N) is 4. The number of pyridine rings is 1. The maximum Gasteiger partial charge on any atom is 0.277 e. The highest BCUT2D eigenvalue weighted by atomic mass is 16.5. The molecule has 3 heterocycles. The summed E-state index contributed by atoms with van der Waals surface area (Å²) < 4.78 is 12.1. The van der Waals surface area contributed by atoms with E-state index in [9.17, 15) is 9.59 Å². The van der Waals surface area contributed by atoms with Gasteiger partial charge in [-0.1, -0.05) is 11.2 Å². The van der Waals surface area contributed by atoms with Gasteiger partial charge >= 0.3 is 0 Å². The van der Waals surface area contributed by atoms with Crippen LogP contribution in [0.1, 0.15) is 18.7 Å². The third-order valence-corrected chi connectivity index (χ3v) is 5.27. The predicted molar refractivity (Wildman–Crippen MR) is 117 cm³/mol. The zero-order valence-corrected chi connectivity index (χ0v) is 17.7. The summed E-state index contributed by atoms with van der Waals surface area (Å²) in [6, 6.07) is 7.08. The van der Waals surface area contributed by atoms with Crippen LogP contribution in [0.15, 0.2) is 33.6 Å². The second-order valence-electron chi connectivity index (χ2n) is 7.67. The van der Waals surface area contributed by atoms with Crippen molar-refractivity contribution in [2.75, 3.05) is 17.7 Å². The van der Waals surface area contributed by atoms with Crippen LogP contribution in [0, 0.1) is 12.8 Å². The molecule has 1 aromatic carbocycles. The Kier molecular flexibility index (Phi) is 4.65. The lowest BCUT2D eigenvalue weighted by Crippen LogP contribution is -2.15. The molecule has 3 N–H and O–H groups in total. The summed E-state index contributed by atoms with van der Waals surface area (Å²) in [6.07, 6.45) is 1.75. The SMILES string of the molecule is COc1c(Nc2cc(NC(=O)C3CC3)nc3[nH]n(C)c(=O)c23)cccc1-c1noc(C)n1. The first kappa shape index (κ1) is 19.8. The van der Waals surface area contributed by atoms with E-state index in [1.807, 2.05) is 12.1 Å². The number of hydrogen-bond donors (Lipinski definition) is 3. The van der Waals surface area contributed by atoms with Gasteiger partial charge in [0, 0.05) is 26.0 Å². The van der Waals surface area contributed by atoms with Gasteiger partial charge in [-0.2, -0.15) is 4.98 Å². The number of amides is 1. The number of nitrogens with one attached hydrogen (secondary N) is 3. The molecule has 1 saturated carbocycles. The summed E-state index contributed by atoms with van der Waals surface area (Å²) in [5, 5.41) is 13.3. The minimum absolute atomic E-state index is 0.0221. The normalized spacial score (nSPS) is 13.3. The molecule has 0 atom stereocenters. The van der Waals surface area contributed by atoms with E-state index in [0.29, 0.717) is 51.3 Å². The zero-order chi connectivity index (χ0) is 22.4. The first-order chi connectivity index (χ1) is 15.4. The molecule has 1 fully saturated rings. The standard InChI is InChI=1S/C21H21N7O4/c1-10-22-18(27-32-10)12-5-4-6-13(17(12)31-3)23-14-9-15(25-20(29)11-7-8-11)24-19-16(14)21(30)28(2)26-19/h4-6,9,11H,7-8H2,1-3H3,(H3,23,24,25,26,29). The molecule has 5 rings (SSSR count). The van der Waals surface area contributed by atoms with Gasteiger partial charge in [0.15, 0.2) is 11.4 Å². The lowest BCUT2D eigenvalue weighted by molar-refractivity contribution is -0.117. The van der Waals surface area contributed by atoms with Crippen LogP contribution < -0.4 is 20.9 Å². The topological polar surface area (TPSA) is 140 Å². The fourth-order valence-corrected chi connectivity index (χ4v) is 3.54. The van der Waals surface area contributed by atoms with Gasteiger partial charge in [-0.05, 0) is 25.0 Å².